The molecule has 4 rings (SSSR count). The number of carbonyl (C=O) groups is 2. The summed E-state index contributed by atoms with van der Waals surface area (Å²) in [7, 11) is 0. The van der Waals surface area contributed by atoms with Crippen molar-refractivity contribution in [1.82, 2.24) is 14.7 Å². The highest BCUT2D eigenvalue weighted by atomic mass is 16.2. The first-order chi connectivity index (χ1) is 14.4. The molecule has 0 N–H and O–H groups in total. The maximum absolute atomic E-state index is 12.8. The molecule has 1 aromatic rings. The Kier molecular flexibility index (Phi) is 6.47. The molecule has 1 aromatic carbocycles. The summed E-state index contributed by atoms with van der Waals surface area (Å²) >= 11 is 0. The van der Waals surface area contributed by atoms with Gasteiger partial charge in [-0.3, -0.25) is 14.5 Å². The fourth-order valence-electron chi connectivity index (χ4n) is 5.52. The Morgan fingerprint density at radius 1 is 1.03 bits per heavy atom. The van der Waals surface area contributed by atoms with Crippen LogP contribution in [0.1, 0.15) is 69.4 Å². The Morgan fingerprint density at radius 3 is 2.53 bits per heavy atom. The highest BCUT2D eigenvalue weighted by Crippen LogP contribution is 2.39. The quantitative estimate of drug-likeness (QED) is 0.718. The minimum Gasteiger partial charge on any atom is -0.342 e. The van der Waals surface area contributed by atoms with Gasteiger partial charge in [0, 0.05) is 57.5 Å². The fourth-order valence-corrected chi connectivity index (χ4v) is 5.52. The molecule has 3 aliphatic rings. The van der Waals surface area contributed by atoms with E-state index in [9.17, 15) is 9.59 Å². The van der Waals surface area contributed by atoms with Crippen LogP contribution >= 0.6 is 0 Å². The first-order valence-corrected chi connectivity index (χ1v) is 11.8. The third-order valence-electron chi connectivity index (χ3n) is 7.35. The minimum absolute atomic E-state index is 0.213. The maximum Gasteiger partial charge on any atom is 0.224 e. The van der Waals surface area contributed by atoms with Gasteiger partial charge in [0.05, 0.1) is 0 Å². The molecule has 3 saturated heterocycles. The van der Waals surface area contributed by atoms with Gasteiger partial charge in [0.25, 0.3) is 0 Å². The lowest BCUT2D eigenvalue weighted by Crippen LogP contribution is -2.45. The number of rotatable bonds is 6. The third kappa shape index (κ3) is 4.88. The molecule has 1 spiro atoms. The number of benzene rings is 1. The molecule has 0 aliphatic carbocycles. The Bertz CT molecular complexity index is 760. The number of hydrogen-bond acceptors (Lipinski definition) is 3. The van der Waals surface area contributed by atoms with Crippen LogP contribution in [0.4, 0.5) is 0 Å². The number of nitrogens with zero attached hydrogens (tertiary/aromatic N) is 3. The van der Waals surface area contributed by atoms with Gasteiger partial charge in [0.2, 0.25) is 11.8 Å². The molecule has 0 unspecified atom stereocenters. The predicted octanol–water partition coefficient (Wildman–Crippen LogP) is 3.64. The first kappa shape index (κ1) is 21.4. The molecule has 30 heavy (non-hydrogen) atoms. The summed E-state index contributed by atoms with van der Waals surface area (Å²) in [5, 5.41) is 0. The molecule has 3 heterocycles. The lowest BCUT2D eigenvalue weighted by Gasteiger charge is -2.40. The van der Waals surface area contributed by atoms with Crippen molar-refractivity contribution in [2.45, 2.75) is 64.8 Å². The van der Waals surface area contributed by atoms with E-state index in [4.69, 9.17) is 0 Å². The van der Waals surface area contributed by atoms with Crippen LogP contribution in [-0.4, -0.2) is 65.8 Å². The zero-order valence-corrected chi connectivity index (χ0v) is 18.7. The number of amides is 2. The molecule has 2 amide bonds. The lowest BCUT2D eigenvalue weighted by atomic mass is 9.79. The van der Waals surface area contributed by atoms with Crippen LogP contribution in [-0.2, 0) is 16.1 Å². The molecule has 164 valence electrons. The lowest BCUT2D eigenvalue weighted by molar-refractivity contribution is -0.132. The van der Waals surface area contributed by atoms with E-state index in [0.29, 0.717) is 25.3 Å². The summed E-state index contributed by atoms with van der Waals surface area (Å²) in [6.45, 7) is 10.9. The van der Waals surface area contributed by atoms with Crippen LogP contribution < -0.4 is 0 Å². The van der Waals surface area contributed by atoms with Gasteiger partial charge in [-0.25, -0.2) is 0 Å². The van der Waals surface area contributed by atoms with Crippen molar-refractivity contribution in [2.75, 3.05) is 39.3 Å². The normalized spacial score (nSPS) is 25.1. The van der Waals surface area contributed by atoms with Gasteiger partial charge < -0.3 is 9.80 Å². The second-order valence-corrected chi connectivity index (χ2v) is 10.0. The Hall–Kier alpha value is -1.88. The van der Waals surface area contributed by atoms with Gasteiger partial charge in [0.15, 0.2) is 0 Å². The van der Waals surface area contributed by atoms with Crippen LogP contribution in [0.2, 0.25) is 0 Å². The number of carbonyl (C=O) groups excluding carboxylic acids is 2. The second-order valence-electron chi connectivity index (χ2n) is 10.0. The standard InChI is InChI=1S/C25H37N3O2/c1-20(2)22-8-6-21(7-9-22)17-26-13-4-11-25(18-26)12-16-28(19-25)24(30)10-15-27-14-3-5-23(27)29/h6-9,20H,3-5,10-19H2,1-2H3/t25-/m1/s1. The average molecular weight is 412 g/mol. The van der Waals surface area contributed by atoms with Gasteiger partial charge in [-0.2, -0.15) is 0 Å². The topological polar surface area (TPSA) is 43.9 Å². The summed E-state index contributed by atoms with van der Waals surface area (Å²) < 4.78 is 0. The van der Waals surface area contributed by atoms with E-state index in [-0.39, 0.29) is 17.2 Å². The molecule has 0 bridgehead atoms. The summed E-state index contributed by atoms with van der Waals surface area (Å²) in [6, 6.07) is 9.09. The van der Waals surface area contributed by atoms with E-state index in [1.807, 2.05) is 4.90 Å². The van der Waals surface area contributed by atoms with Crippen molar-refractivity contribution in [3.8, 4) is 0 Å². The highest BCUT2D eigenvalue weighted by molar-refractivity contribution is 5.80. The summed E-state index contributed by atoms with van der Waals surface area (Å²) in [4.78, 5) is 31.1. The Labute approximate surface area is 181 Å². The average Bonchev–Trinajstić information content (AvgIpc) is 3.33. The molecule has 1 atom stereocenters. The van der Waals surface area contributed by atoms with Crippen molar-refractivity contribution >= 4 is 11.8 Å². The molecule has 0 radical (unpaired) electrons. The fraction of sp³-hybridized carbons (Fsp3) is 0.680. The number of likely N-dealkylation sites (tertiary alicyclic amines) is 3. The number of hydrogen-bond donors (Lipinski definition) is 0. The summed E-state index contributed by atoms with van der Waals surface area (Å²) in [5.74, 6) is 1.01. The minimum atomic E-state index is 0.213. The van der Waals surface area contributed by atoms with Gasteiger partial charge in [-0.1, -0.05) is 38.1 Å². The van der Waals surface area contributed by atoms with Gasteiger partial charge in [-0.15, -0.1) is 0 Å². The van der Waals surface area contributed by atoms with E-state index in [1.165, 1.54) is 24.0 Å². The summed E-state index contributed by atoms with van der Waals surface area (Å²) in [5.41, 5.74) is 3.04. The number of piperidine rings is 1. The monoisotopic (exact) mass is 411 g/mol. The molecule has 3 fully saturated rings. The zero-order valence-electron chi connectivity index (χ0n) is 18.7. The van der Waals surface area contributed by atoms with Crippen LogP contribution in [0.15, 0.2) is 24.3 Å². The third-order valence-corrected chi connectivity index (χ3v) is 7.35. The molecule has 5 heteroatoms. The molecular formula is C25H37N3O2. The van der Waals surface area contributed by atoms with Gasteiger partial charge in [0.1, 0.15) is 0 Å². The first-order valence-electron chi connectivity index (χ1n) is 11.8. The van der Waals surface area contributed by atoms with Crippen LogP contribution in [0.25, 0.3) is 0 Å². The predicted molar refractivity (Wildman–Crippen MR) is 119 cm³/mol. The van der Waals surface area contributed by atoms with E-state index >= 15 is 0 Å². The molecule has 5 nitrogen and oxygen atoms in total. The van der Waals surface area contributed by atoms with Crippen LogP contribution in [0, 0.1) is 5.41 Å². The zero-order chi connectivity index (χ0) is 21.1. The molecule has 0 aromatic heterocycles. The van der Waals surface area contributed by atoms with Gasteiger partial charge >= 0.3 is 0 Å². The largest absolute Gasteiger partial charge is 0.342 e. The second kappa shape index (κ2) is 9.09. The van der Waals surface area contributed by atoms with E-state index < -0.39 is 0 Å². The Balaban J connectivity index is 1.29. The molecule has 3 aliphatic heterocycles. The van der Waals surface area contributed by atoms with Crippen molar-refractivity contribution in [3.63, 3.8) is 0 Å². The van der Waals surface area contributed by atoms with Crippen molar-refractivity contribution < 1.29 is 9.59 Å². The van der Waals surface area contributed by atoms with Crippen LogP contribution in [0.5, 0.6) is 0 Å². The van der Waals surface area contributed by atoms with Crippen molar-refractivity contribution in [3.05, 3.63) is 35.4 Å². The van der Waals surface area contributed by atoms with E-state index in [2.05, 4.69) is 47.9 Å². The van der Waals surface area contributed by atoms with Gasteiger partial charge in [-0.05, 0) is 49.3 Å². The maximum atomic E-state index is 12.8. The highest BCUT2D eigenvalue weighted by Gasteiger charge is 2.42. The SMILES string of the molecule is CC(C)c1ccc(CN2CCC[C@@]3(CCN(C(=O)CCN4CCCC4=O)C3)C2)cc1. The molecular weight excluding hydrogens is 374 g/mol. The molecule has 0 saturated carbocycles. The smallest absolute Gasteiger partial charge is 0.224 e. The summed E-state index contributed by atoms with van der Waals surface area (Å²) in [6.07, 6.45) is 5.63. The van der Waals surface area contributed by atoms with Crippen molar-refractivity contribution in [1.29, 1.82) is 0 Å². The van der Waals surface area contributed by atoms with E-state index in [1.54, 1.807) is 0 Å². The van der Waals surface area contributed by atoms with E-state index in [0.717, 1.165) is 52.1 Å². The van der Waals surface area contributed by atoms with Crippen molar-refractivity contribution in [2.24, 2.45) is 5.41 Å². The van der Waals surface area contributed by atoms with Crippen LogP contribution in [0.3, 0.4) is 0 Å². The Morgan fingerprint density at radius 2 is 1.83 bits per heavy atom.